The van der Waals surface area contributed by atoms with Crippen molar-refractivity contribution in [3.8, 4) is 0 Å². The number of para-hydroxylation sites is 1. The normalized spacial score (nSPS) is 13.3. The van der Waals surface area contributed by atoms with Gasteiger partial charge in [0.2, 0.25) is 0 Å². The number of fused-ring (bicyclic) bond motifs is 1. The highest BCUT2D eigenvalue weighted by atomic mass is 15.3. The molecule has 0 aliphatic carbocycles. The molecular formula is C15H23N3. The number of hydrogen-bond donors (Lipinski definition) is 1. The maximum absolute atomic E-state index is 4.47. The van der Waals surface area contributed by atoms with Crippen molar-refractivity contribution in [3.63, 3.8) is 0 Å². The molecule has 1 N–H and O–H groups in total. The van der Waals surface area contributed by atoms with Crippen molar-refractivity contribution in [1.82, 2.24) is 15.1 Å². The van der Waals surface area contributed by atoms with Gasteiger partial charge >= 0.3 is 0 Å². The SMILES string of the molecule is CC(C)CNCC(C)Cn1ncc2ccccc21. The van der Waals surface area contributed by atoms with E-state index in [0.29, 0.717) is 11.8 Å². The van der Waals surface area contributed by atoms with Gasteiger partial charge in [-0.2, -0.15) is 5.10 Å². The van der Waals surface area contributed by atoms with Gasteiger partial charge in [0.15, 0.2) is 0 Å². The third kappa shape index (κ3) is 3.33. The van der Waals surface area contributed by atoms with Gasteiger partial charge in [-0.25, -0.2) is 0 Å². The Kier molecular flexibility index (Phi) is 4.37. The fraction of sp³-hybridized carbons (Fsp3) is 0.533. The maximum atomic E-state index is 4.47. The van der Waals surface area contributed by atoms with E-state index in [1.807, 2.05) is 6.20 Å². The Bertz CT molecular complexity index is 487. The molecular weight excluding hydrogens is 222 g/mol. The topological polar surface area (TPSA) is 29.9 Å². The predicted octanol–water partition coefficient (Wildman–Crippen LogP) is 2.92. The molecule has 0 spiro atoms. The highest BCUT2D eigenvalue weighted by Gasteiger charge is 2.07. The van der Waals surface area contributed by atoms with E-state index in [1.54, 1.807) is 0 Å². The smallest absolute Gasteiger partial charge is 0.0682 e. The van der Waals surface area contributed by atoms with Gasteiger partial charge in [-0.05, 0) is 31.0 Å². The van der Waals surface area contributed by atoms with Crippen LogP contribution in [0.25, 0.3) is 10.9 Å². The fourth-order valence-corrected chi connectivity index (χ4v) is 2.15. The van der Waals surface area contributed by atoms with Gasteiger partial charge < -0.3 is 5.32 Å². The number of rotatable bonds is 6. The quantitative estimate of drug-likeness (QED) is 0.848. The molecule has 2 rings (SSSR count). The number of benzene rings is 1. The molecule has 18 heavy (non-hydrogen) atoms. The van der Waals surface area contributed by atoms with Crippen molar-refractivity contribution in [1.29, 1.82) is 0 Å². The summed E-state index contributed by atoms with van der Waals surface area (Å²) in [5.41, 5.74) is 1.23. The zero-order valence-corrected chi connectivity index (χ0v) is 11.6. The van der Waals surface area contributed by atoms with E-state index in [1.165, 1.54) is 10.9 Å². The predicted molar refractivity (Wildman–Crippen MR) is 76.6 cm³/mol. The van der Waals surface area contributed by atoms with Gasteiger partial charge in [0.05, 0.1) is 11.7 Å². The molecule has 0 bridgehead atoms. The first kappa shape index (κ1) is 13.1. The Morgan fingerprint density at radius 2 is 1.94 bits per heavy atom. The highest BCUT2D eigenvalue weighted by molar-refractivity contribution is 5.78. The molecule has 0 fully saturated rings. The second kappa shape index (κ2) is 6.01. The van der Waals surface area contributed by atoms with Crippen LogP contribution in [0.2, 0.25) is 0 Å². The van der Waals surface area contributed by atoms with Gasteiger partial charge in [0, 0.05) is 11.9 Å². The average Bonchev–Trinajstić information content (AvgIpc) is 2.72. The minimum atomic E-state index is 0.590. The molecule has 1 aromatic heterocycles. The van der Waals surface area contributed by atoms with Crippen molar-refractivity contribution < 1.29 is 0 Å². The van der Waals surface area contributed by atoms with Crippen LogP contribution in [0.5, 0.6) is 0 Å². The van der Waals surface area contributed by atoms with Crippen LogP contribution in [0, 0.1) is 11.8 Å². The first-order valence-corrected chi connectivity index (χ1v) is 6.78. The fourth-order valence-electron chi connectivity index (χ4n) is 2.15. The molecule has 0 aliphatic heterocycles. The molecule has 0 saturated carbocycles. The van der Waals surface area contributed by atoms with Gasteiger partial charge in [-0.3, -0.25) is 4.68 Å². The molecule has 3 nitrogen and oxygen atoms in total. The van der Waals surface area contributed by atoms with Crippen LogP contribution in [-0.4, -0.2) is 22.9 Å². The minimum Gasteiger partial charge on any atom is -0.316 e. The van der Waals surface area contributed by atoms with Gasteiger partial charge in [-0.15, -0.1) is 0 Å². The van der Waals surface area contributed by atoms with Crippen LogP contribution >= 0.6 is 0 Å². The molecule has 0 radical (unpaired) electrons. The van der Waals surface area contributed by atoms with Crippen LogP contribution in [-0.2, 0) is 6.54 Å². The monoisotopic (exact) mass is 245 g/mol. The zero-order valence-electron chi connectivity index (χ0n) is 11.6. The third-order valence-corrected chi connectivity index (χ3v) is 3.08. The lowest BCUT2D eigenvalue weighted by Gasteiger charge is -2.14. The highest BCUT2D eigenvalue weighted by Crippen LogP contribution is 2.13. The molecule has 1 heterocycles. The number of nitrogens with one attached hydrogen (secondary N) is 1. The largest absolute Gasteiger partial charge is 0.316 e. The molecule has 3 heteroatoms. The zero-order chi connectivity index (χ0) is 13.0. The molecule has 1 aromatic carbocycles. The third-order valence-electron chi connectivity index (χ3n) is 3.08. The van der Waals surface area contributed by atoms with Gasteiger partial charge in [-0.1, -0.05) is 39.0 Å². The van der Waals surface area contributed by atoms with Crippen molar-refractivity contribution >= 4 is 10.9 Å². The number of hydrogen-bond acceptors (Lipinski definition) is 2. The summed E-state index contributed by atoms with van der Waals surface area (Å²) >= 11 is 0. The van der Waals surface area contributed by atoms with Crippen LogP contribution in [0.1, 0.15) is 20.8 Å². The van der Waals surface area contributed by atoms with E-state index in [9.17, 15) is 0 Å². The first-order valence-electron chi connectivity index (χ1n) is 6.78. The lowest BCUT2D eigenvalue weighted by Crippen LogP contribution is -2.27. The molecule has 1 atom stereocenters. The standard InChI is InChI=1S/C15H23N3/c1-12(2)8-16-9-13(3)11-18-15-7-5-4-6-14(15)10-17-18/h4-7,10,12-13,16H,8-9,11H2,1-3H3. The van der Waals surface area contributed by atoms with E-state index in [-0.39, 0.29) is 0 Å². The summed E-state index contributed by atoms with van der Waals surface area (Å²) in [5, 5.41) is 9.19. The Hall–Kier alpha value is -1.35. The van der Waals surface area contributed by atoms with Crippen LogP contribution in [0.4, 0.5) is 0 Å². The summed E-state index contributed by atoms with van der Waals surface area (Å²) in [6.45, 7) is 9.84. The summed E-state index contributed by atoms with van der Waals surface area (Å²) in [4.78, 5) is 0. The number of aromatic nitrogens is 2. The van der Waals surface area contributed by atoms with Crippen LogP contribution in [0.3, 0.4) is 0 Å². The van der Waals surface area contributed by atoms with Crippen LogP contribution in [0.15, 0.2) is 30.5 Å². The van der Waals surface area contributed by atoms with Gasteiger partial charge in [0.1, 0.15) is 0 Å². The molecule has 2 aromatic rings. The average molecular weight is 245 g/mol. The lowest BCUT2D eigenvalue weighted by molar-refractivity contribution is 0.415. The second-order valence-corrected chi connectivity index (χ2v) is 5.54. The van der Waals surface area contributed by atoms with Crippen molar-refractivity contribution in [3.05, 3.63) is 30.5 Å². The Balaban J connectivity index is 1.92. The molecule has 1 unspecified atom stereocenters. The molecule has 98 valence electrons. The molecule has 0 amide bonds. The van der Waals surface area contributed by atoms with Crippen molar-refractivity contribution in [2.75, 3.05) is 13.1 Å². The summed E-state index contributed by atoms with van der Waals surface area (Å²) in [6.07, 6.45) is 1.95. The minimum absolute atomic E-state index is 0.590. The van der Waals surface area contributed by atoms with E-state index >= 15 is 0 Å². The summed E-state index contributed by atoms with van der Waals surface area (Å²) in [5.74, 6) is 1.30. The summed E-state index contributed by atoms with van der Waals surface area (Å²) < 4.78 is 2.11. The Morgan fingerprint density at radius 1 is 1.17 bits per heavy atom. The van der Waals surface area contributed by atoms with Gasteiger partial charge in [0.25, 0.3) is 0 Å². The van der Waals surface area contributed by atoms with Crippen molar-refractivity contribution in [2.45, 2.75) is 27.3 Å². The van der Waals surface area contributed by atoms with E-state index < -0.39 is 0 Å². The molecule has 0 saturated heterocycles. The molecule has 0 aliphatic rings. The van der Waals surface area contributed by atoms with Crippen molar-refractivity contribution in [2.24, 2.45) is 11.8 Å². The first-order chi connectivity index (χ1) is 8.66. The Morgan fingerprint density at radius 3 is 2.72 bits per heavy atom. The summed E-state index contributed by atoms with van der Waals surface area (Å²) in [7, 11) is 0. The van der Waals surface area contributed by atoms with E-state index in [4.69, 9.17) is 0 Å². The number of nitrogens with zero attached hydrogens (tertiary/aromatic N) is 2. The lowest BCUT2D eigenvalue weighted by atomic mass is 10.1. The van der Waals surface area contributed by atoms with E-state index in [0.717, 1.165) is 19.6 Å². The Labute approximate surface area is 109 Å². The second-order valence-electron chi connectivity index (χ2n) is 5.54. The maximum Gasteiger partial charge on any atom is 0.0682 e. The van der Waals surface area contributed by atoms with E-state index in [2.05, 4.69) is 60.1 Å². The summed E-state index contributed by atoms with van der Waals surface area (Å²) in [6, 6.07) is 8.38. The van der Waals surface area contributed by atoms with Crippen LogP contribution < -0.4 is 5.32 Å².